The molecule has 0 saturated heterocycles. The third-order valence-electron chi connectivity index (χ3n) is 6.79. The molecular formula is C27H31N5O4. The summed E-state index contributed by atoms with van der Waals surface area (Å²) in [6, 6.07) is 11.8. The highest BCUT2D eigenvalue weighted by molar-refractivity contribution is 6.05. The van der Waals surface area contributed by atoms with Crippen LogP contribution in [0.4, 0.5) is 11.6 Å². The maximum absolute atomic E-state index is 12.9. The van der Waals surface area contributed by atoms with Gasteiger partial charge in [0, 0.05) is 43.2 Å². The second kappa shape index (κ2) is 10.7. The van der Waals surface area contributed by atoms with Gasteiger partial charge in [-0.05, 0) is 56.0 Å². The number of nitrogens with one attached hydrogen (secondary N) is 1. The van der Waals surface area contributed by atoms with Gasteiger partial charge in [0.1, 0.15) is 0 Å². The molecule has 1 aromatic heterocycles. The van der Waals surface area contributed by atoms with Gasteiger partial charge in [-0.25, -0.2) is 4.98 Å². The van der Waals surface area contributed by atoms with E-state index in [0.717, 1.165) is 12.8 Å². The van der Waals surface area contributed by atoms with Crippen LogP contribution >= 0.6 is 0 Å². The summed E-state index contributed by atoms with van der Waals surface area (Å²) in [6.07, 6.45) is 5.18. The van der Waals surface area contributed by atoms with Crippen LogP contribution in [0.25, 0.3) is 11.0 Å². The van der Waals surface area contributed by atoms with E-state index in [2.05, 4.69) is 10.3 Å². The van der Waals surface area contributed by atoms with Crippen molar-refractivity contribution in [3.63, 3.8) is 0 Å². The number of carbonyl (C=O) groups excluding carboxylic acids is 4. The lowest BCUT2D eigenvalue weighted by atomic mass is 10.0. The van der Waals surface area contributed by atoms with Gasteiger partial charge in [0.2, 0.25) is 17.8 Å². The molecule has 9 nitrogen and oxygen atoms in total. The first kappa shape index (κ1) is 25.1. The van der Waals surface area contributed by atoms with Gasteiger partial charge in [0.25, 0.3) is 5.91 Å². The van der Waals surface area contributed by atoms with Crippen LogP contribution in [0.1, 0.15) is 66.2 Å². The highest BCUT2D eigenvalue weighted by Gasteiger charge is 2.22. The molecular weight excluding hydrogens is 458 g/mol. The monoisotopic (exact) mass is 489 g/mol. The predicted octanol–water partition coefficient (Wildman–Crippen LogP) is 3.91. The number of aryl methyl sites for hydroxylation is 1. The molecule has 36 heavy (non-hydrogen) atoms. The van der Waals surface area contributed by atoms with Gasteiger partial charge < -0.3 is 15.2 Å². The van der Waals surface area contributed by atoms with Crippen molar-refractivity contribution in [3.8, 4) is 0 Å². The van der Waals surface area contributed by atoms with Crippen LogP contribution in [-0.2, 0) is 16.1 Å². The Kier molecular flexibility index (Phi) is 7.47. The minimum Gasteiger partial charge on any atom is -0.370 e. The Labute approximate surface area is 209 Å². The summed E-state index contributed by atoms with van der Waals surface area (Å²) in [7, 11) is 1.76. The Hall–Kier alpha value is -4.01. The Balaban J connectivity index is 1.60. The number of hydrogen-bond donors (Lipinski definition) is 2. The van der Waals surface area contributed by atoms with Gasteiger partial charge in [-0.1, -0.05) is 25.0 Å². The number of nitrogens with zero attached hydrogens (tertiary/aromatic N) is 3. The van der Waals surface area contributed by atoms with Crippen molar-refractivity contribution in [2.24, 2.45) is 11.7 Å². The largest absolute Gasteiger partial charge is 0.370 e. The van der Waals surface area contributed by atoms with Crippen LogP contribution in [0.5, 0.6) is 0 Å². The molecule has 0 unspecified atom stereocenters. The number of fused-ring (bicyclic) bond motifs is 1. The molecule has 0 spiro atoms. The van der Waals surface area contributed by atoms with Gasteiger partial charge in [0.15, 0.2) is 5.78 Å². The zero-order chi connectivity index (χ0) is 25.8. The van der Waals surface area contributed by atoms with E-state index in [1.54, 1.807) is 46.8 Å². The normalized spacial score (nSPS) is 13.6. The predicted molar refractivity (Wildman–Crippen MR) is 138 cm³/mol. The van der Waals surface area contributed by atoms with E-state index >= 15 is 0 Å². The smallest absolute Gasteiger partial charge is 0.257 e. The van der Waals surface area contributed by atoms with Gasteiger partial charge in [-0.2, -0.15) is 0 Å². The molecule has 1 heterocycles. The van der Waals surface area contributed by atoms with E-state index in [9.17, 15) is 19.2 Å². The van der Waals surface area contributed by atoms with Crippen molar-refractivity contribution in [1.29, 1.82) is 0 Å². The van der Waals surface area contributed by atoms with E-state index in [-0.39, 0.29) is 30.6 Å². The highest BCUT2D eigenvalue weighted by Crippen LogP contribution is 2.30. The summed E-state index contributed by atoms with van der Waals surface area (Å²) >= 11 is 0. The molecule has 0 aliphatic heterocycles. The summed E-state index contributed by atoms with van der Waals surface area (Å²) in [6.45, 7) is 1.70. The molecule has 3 N–H and O–H groups in total. The summed E-state index contributed by atoms with van der Waals surface area (Å²) in [5.41, 5.74) is 8.25. The molecule has 1 aliphatic rings. The van der Waals surface area contributed by atoms with Gasteiger partial charge in [-0.3, -0.25) is 24.5 Å². The Morgan fingerprint density at radius 2 is 1.72 bits per heavy atom. The maximum Gasteiger partial charge on any atom is 0.257 e. The fourth-order valence-electron chi connectivity index (χ4n) is 4.64. The van der Waals surface area contributed by atoms with Crippen molar-refractivity contribution in [1.82, 2.24) is 9.55 Å². The maximum atomic E-state index is 12.9. The lowest BCUT2D eigenvalue weighted by molar-refractivity contribution is -0.119. The summed E-state index contributed by atoms with van der Waals surface area (Å²) in [5.74, 6) is -0.172. The molecule has 1 aliphatic carbocycles. The van der Waals surface area contributed by atoms with Gasteiger partial charge in [-0.15, -0.1) is 0 Å². The number of hydrogen-bond acceptors (Lipinski definition) is 5. The third kappa shape index (κ3) is 5.62. The third-order valence-corrected chi connectivity index (χ3v) is 6.79. The molecule has 3 aromatic rings. The summed E-state index contributed by atoms with van der Waals surface area (Å²) < 4.78 is 1.73. The van der Waals surface area contributed by atoms with Crippen molar-refractivity contribution in [2.45, 2.75) is 52.0 Å². The molecule has 2 aromatic carbocycles. The second-order valence-electron chi connectivity index (χ2n) is 9.37. The Morgan fingerprint density at radius 3 is 2.36 bits per heavy atom. The van der Waals surface area contributed by atoms with Crippen molar-refractivity contribution < 1.29 is 19.2 Å². The van der Waals surface area contributed by atoms with E-state index < -0.39 is 11.8 Å². The van der Waals surface area contributed by atoms with Crippen LogP contribution in [0, 0.1) is 5.92 Å². The van der Waals surface area contributed by atoms with Crippen molar-refractivity contribution >= 4 is 46.2 Å². The van der Waals surface area contributed by atoms with Crippen LogP contribution < -0.4 is 16.0 Å². The average molecular weight is 490 g/mol. The number of imidazole rings is 1. The number of amides is 3. The highest BCUT2D eigenvalue weighted by atomic mass is 16.2. The number of primary amides is 1. The Bertz CT molecular complexity index is 1310. The molecule has 0 radical (unpaired) electrons. The zero-order valence-electron chi connectivity index (χ0n) is 20.6. The van der Waals surface area contributed by atoms with E-state index in [0.29, 0.717) is 40.2 Å². The van der Waals surface area contributed by atoms with E-state index in [1.807, 2.05) is 12.1 Å². The van der Waals surface area contributed by atoms with Gasteiger partial charge >= 0.3 is 0 Å². The second-order valence-corrected chi connectivity index (χ2v) is 9.37. The van der Waals surface area contributed by atoms with Crippen LogP contribution in [0.3, 0.4) is 0 Å². The lowest BCUT2D eigenvalue weighted by Crippen LogP contribution is -2.27. The number of rotatable bonds is 9. The number of Topliss-reactive ketones (excluding diaryl/α,β-unsaturated/α-hetero) is 1. The fraction of sp³-hybridized carbons (Fsp3) is 0.370. The summed E-state index contributed by atoms with van der Waals surface area (Å²) in [5, 5.41) is 2.80. The molecule has 0 atom stereocenters. The van der Waals surface area contributed by atoms with Gasteiger partial charge in [0.05, 0.1) is 11.0 Å². The van der Waals surface area contributed by atoms with Crippen molar-refractivity contribution in [3.05, 3.63) is 53.6 Å². The van der Waals surface area contributed by atoms with Crippen LogP contribution in [0.15, 0.2) is 42.5 Å². The fourth-order valence-corrected chi connectivity index (χ4v) is 4.64. The molecule has 188 valence electrons. The molecule has 4 rings (SSSR count). The first-order chi connectivity index (χ1) is 17.2. The number of anilines is 2. The number of ketones is 1. The molecule has 3 amide bonds. The number of benzene rings is 2. The van der Waals surface area contributed by atoms with E-state index in [1.165, 1.54) is 19.8 Å². The molecule has 0 bridgehead atoms. The topological polar surface area (TPSA) is 127 Å². The van der Waals surface area contributed by atoms with Crippen LogP contribution in [-0.4, -0.2) is 40.1 Å². The van der Waals surface area contributed by atoms with Crippen LogP contribution in [0.2, 0.25) is 0 Å². The zero-order valence-corrected chi connectivity index (χ0v) is 20.6. The minimum atomic E-state index is -0.470. The Morgan fingerprint density at radius 1 is 1.06 bits per heavy atom. The van der Waals surface area contributed by atoms with E-state index in [4.69, 9.17) is 5.73 Å². The van der Waals surface area contributed by atoms with Crippen molar-refractivity contribution in [2.75, 3.05) is 17.3 Å². The SMILES string of the molecule is CC(=O)c1ccc(C(=O)Nc2nc3cc(N(C)C(=O)CC4CCCC4)ccc3n2CCC(N)=O)cc1. The lowest BCUT2D eigenvalue weighted by Gasteiger charge is -2.19. The first-order valence-electron chi connectivity index (χ1n) is 12.2. The average Bonchev–Trinajstić information content (AvgIpc) is 3.49. The number of carbonyl (C=O) groups is 4. The first-order valence-corrected chi connectivity index (χ1v) is 12.2. The summed E-state index contributed by atoms with van der Waals surface area (Å²) in [4.78, 5) is 54.9. The molecule has 9 heteroatoms. The minimum absolute atomic E-state index is 0.0666. The molecule has 1 fully saturated rings. The quantitative estimate of drug-likeness (QED) is 0.441. The standard InChI is InChI=1S/C27H31N5O4/c1-17(33)19-7-9-20(10-8-19)26(36)30-27-29-22-16-21(11-12-23(22)32(27)14-13-24(28)34)31(2)25(35)15-18-5-3-4-6-18/h7-12,16,18H,3-6,13-15H2,1-2H3,(H2,28,34)(H,29,30,36). The molecule has 1 saturated carbocycles. The number of nitrogens with two attached hydrogens (primary N) is 1. The number of aromatic nitrogens is 2.